The molecule has 0 aliphatic carbocycles. The van der Waals surface area contributed by atoms with Gasteiger partial charge in [-0.15, -0.1) is 0 Å². The number of hydrogen-bond donors (Lipinski definition) is 1. The minimum Gasteiger partial charge on any atom is -0.395 e. The topological polar surface area (TPSA) is 47.2 Å². The summed E-state index contributed by atoms with van der Waals surface area (Å²) in [6.07, 6.45) is 0. The molecule has 1 N–H and O–H groups in total. The van der Waals surface area contributed by atoms with E-state index in [-0.39, 0.29) is 12.3 Å². The van der Waals surface area contributed by atoms with E-state index in [0.717, 1.165) is 15.5 Å². The Kier molecular flexibility index (Phi) is 2.67. The number of aliphatic hydroxyl groups is 1. The van der Waals surface area contributed by atoms with Gasteiger partial charge in [-0.3, -0.25) is 9.13 Å². The Bertz CT molecular complexity index is 556. The number of hydrogen-bond acceptors (Lipinski definition) is 2. The molecule has 2 aromatic rings. The number of halogens is 1. The molecule has 2 rings (SSSR count). The van der Waals surface area contributed by atoms with Crippen molar-refractivity contribution in [2.45, 2.75) is 6.54 Å². The zero-order valence-electron chi connectivity index (χ0n) is 8.27. The van der Waals surface area contributed by atoms with Gasteiger partial charge in [-0.2, -0.15) is 0 Å². The van der Waals surface area contributed by atoms with Gasteiger partial charge in [-0.05, 0) is 28.1 Å². The molecule has 15 heavy (non-hydrogen) atoms. The third kappa shape index (κ3) is 1.52. The number of nitrogens with zero attached hydrogens (tertiary/aromatic N) is 2. The van der Waals surface area contributed by atoms with Crippen LogP contribution >= 0.6 is 15.9 Å². The Morgan fingerprint density at radius 2 is 2.20 bits per heavy atom. The van der Waals surface area contributed by atoms with Gasteiger partial charge in [-0.25, -0.2) is 4.79 Å². The molecule has 0 saturated heterocycles. The van der Waals surface area contributed by atoms with Gasteiger partial charge in [0, 0.05) is 11.5 Å². The average Bonchev–Trinajstić information content (AvgIpc) is 2.45. The van der Waals surface area contributed by atoms with Gasteiger partial charge >= 0.3 is 5.69 Å². The van der Waals surface area contributed by atoms with Crippen molar-refractivity contribution in [1.29, 1.82) is 0 Å². The van der Waals surface area contributed by atoms with Crippen LogP contribution in [0.15, 0.2) is 27.5 Å². The Hall–Kier alpha value is -1.07. The fourth-order valence-corrected chi connectivity index (χ4v) is 2.37. The van der Waals surface area contributed by atoms with E-state index < -0.39 is 0 Å². The van der Waals surface area contributed by atoms with Crippen LogP contribution in [0.2, 0.25) is 0 Å². The molecular formula is C10H11BrN2O2. The first-order valence-electron chi connectivity index (χ1n) is 4.61. The summed E-state index contributed by atoms with van der Waals surface area (Å²) in [7, 11) is 1.73. The zero-order chi connectivity index (χ0) is 11.0. The second kappa shape index (κ2) is 3.83. The third-order valence-corrected chi connectivity index (χ3v) is 3.07. The lowest BCUT2D eigenvalue weighted by atomic mass is 10.3. The minimum atomic E-state index is -0.106. The Balaban J connectivity index is 2.87. The Morgan fingerprint density at radius 1 is 1.47 bits per heavy atom. The standard InChI is InChI=1S/C10H11BrN2O2/c1-12-9-7(11)3-2-4-8(9)13(5-6-14)10(12)15/h2-4,14H,5-6H2,1H3. The van der Waals surface area contributed by atoms with Crippen molar-refractivity contribution < 1.29 is 5.11 Å². The van der Waals surface area contributed by atoms with Crippen molar-refractivity contribution in [3.8, 4) is 0 Å². The van der Waals surface area contributed by atoms with Crippen molar-refractivity contribution in [3.05, 3.63) is 33.2 Å². The van der Waals surface area contributed by atoms with Gasteiger partial charge in [0.2, 0.25) is 0 Å². The summed E-state index contributed by atoms with van der Waals surface area (Å²) >= 11 is 3.41. The molecule has 1 aromatic carbocycles. The number of fused-ring (bicyclic) bond motifs is 1. The van der Waals surface area contributed by atoms with Gasteiger partial charge in [0.1, 0.15) is 0 Å². The molecule has 0 bridgehead atoms. The van der Waals surface area contributed by atoms with Crippen LogP contribution in [0.3, 0.4) is 0 Å². The third-order valence-electron chi connectivity index (χ3n) is 2.43. The predicted molar refractivity (Wildman–Crippen MR) is 62.0 cm³/mol. The largest absolute Gasteiger partial charge is 0.395 e. The molecule has 0 unspecified atom stereocenters. The summed E-state index contributed by atoms with van der Waals surface area (Å²) < 4.78 is 4.03. The molecule has 80 valence electrons. The van der Waals surface area contributed by atoms with Gasteiger partial charge < -0.3 is 5.11 Å². The predicted octanol–water partition coefficient (Wildman–Crippen LogP) is 1.09. The number of rotatable bonds is 2. The summed E-state index contributed by atoms with van der Waals surface area (Å²) in [5.41, 5.74) is 1.59. The van der Waals surface area contributed by atoms with Gasteiger partial charge in [0.05, 0.1) is 24.2 Å². The second-order valence-corrected chi connectivity index (χ2v) is 4.18. The molecule has 0 spiro atoms. The van der Waals surface area contributed by atoms with E-state index in [1.807, 2.05) is 18.2 Å². The summed E-state index contributed by atoms with van der Waals surface area (Å²) in [5, 5.41) is 8.90. The second-order valence-electron chi connectivity index (χ2n) is 3.32. The maximum Gasteiger partial charge on any atom is 0.328 e. The van der Waals surface area contributed by atoms with Crippen LogP contribution < -0.4 is 5.69 Å². The van der Waals surface area contributed by atoms with Crippen molar-refractivity contribution in [3.63, 3.8) is 0 Å². The van der Waals surface area contributed by atoms with E-state index in [1.165, 1.54) is 0 Å². The first-order valence-corrected chi connectivity index (χ1v) is 5.40. The molecule has 0 saturated carbocycles. The maximum atomic E-state index is 11.8. The molecule has 0 radical (unpaired) electrons. The fraction of sp³-hybridized carbons (Fsp3) is 0.300. The lowest BCUT2D eigenvalue weighted by Gasteiger charge is -1.99. The lowest BCUT2D eigenvalue weighted by Crippen LogP contribution is -2.23. The highest BCUT2D eigenvalue weighted by Crippen LogP contribution is 2.22. The molecule has 1 heterocycles. The van der Waals surface area contributed by atoms with E-state index in [0.29, 0.717) is 6.54 Å². The van der Waals surface area contributed by atoms with Crippen molar-refractivity contribution in [2.75, 3.05) is 6.61 Å². The highest BCUT2D eigenvalue weighted by atomic mass is 79.9. The highest BCUT2D eigenvalue weighted by molar-refractivity contribution is 9.10. The quantitative estimate of drug-likeness (QED) is 0.889. The van der Waals surface area contributed by atoms with E-state index in [1.54, 1.807) is 16.2 Å². The number of aliphatic hydroxyl groups excluding tert-OH is 1. The van der Waals surface area contributed by atoms with Crippen LogP contribution in [0.25, 0.3) is 11.0 Å². The van der Waals surface area contributed by atoms with E-state index in [9.17, 15) is 4.79 Å². The molecule has 5 heteroatoms. The summed E-state index contributed by atoms with van der Waals surface area (Å²) in [6, 6.07) is 5.64. The smallest absolute Gasteiger partial charge is 0.328 e. The van der Waals surface area contributed by atoms with Gasteiger partial charge in [-0.1, -0.05) is 6.07 Å². The molecule has 0 aliphatic rings. The SMILES string of the molecule is Cn1c(=O)n(CCO)c2cccc(Br)c21. The Morgan fingerprint density at radius 3 is 2.87 bits per heavy atom. The molecule has 4 nitrogen and oxygen atoms in total. The van der Waals surface area contributed by atoms with Crippen LogP contribution in [0, 0.1) is 0 Å². The molecule has 1 aromatic heterocycles. The van der Waals surface area contributed by atoms with Crippen molar-refractivity contribution in [2.24, 2.45) is 7.05 Å². The van der Waals surface area contributed by atoms with Crippen LogP contribution in [0.5, 0.6) is 0 Å². The average molecular weight is 271 g/mol. The number of imidazole rings is 1. The lowest BCUT2D eigenvalue weighted by molar-refractivity contribution is 0.275. The fourth-order valence-electron chi connectivity index (χ4n) is 1.75. The first kappa shape index (κ1) is 10.4. The first-order chi connectivity index (χ1) is 7.16. The van der Waals surface area contributed by atoms with Crippen LogP contribution in [-0.4, -0.2) is 20.8 Å². The summed E-state index contributed by atoms with van der Waals surface area (Å²) in [5.74, 6) is 0. The van der Waals surface area contributed by atoms with Crippen LogP contribution in [0.1, 0.15) is 0 Å². The molecular weight excluding hydrogens is 260 g/mol. The summed E-state index contributed by atoms with van der Waals surface area (Å²) in [4.78, 5) is 11.8. The maximum absolute atomic E-state index is 11.8. The van der Waals surface area contributed by atoms with Crippen molar-refractivity contribution >= 4 is 27.0 Å². The number of aryl methyl sites for hydroxylation is 1. The van der Waals surface area contributed by atoms with E-state index >= 15 is 0 Å². The van der Waals surface area contributed by atoms with Gasteiger partial charge in [0.25, 0.3) is 0 Å². The van der Waals surface area contributed by atoms with Gasteiger partial charge in [0.15, 0.2) is 0 Å². The summed E-state index contributed by atoms with van der Waals surface area (Å²) in [6.45, 7) is 0.290. The number of aromatic nitrogens is 2. The molecule has 0 atom stereocenters. The molecule has 0 aliphatic heterocycles. The zero-order valence-corrected chi connectivity index (χ0v) is 9.86. The van der Waals surface area contributed by atoms with Crippen LogP contribution in [0.4, 0.5) is 0 Å². The molecule has 0 amide bonds. The molecule has 0 fully saturated rings. The number of para-hydroxylation sites is 1. The highest BCUT2D eigenvalue weighted by Gasteiger charge is 2.11. The monoisotopic (exact) mass is 270 g/mol. The normalized spacial score (nSPS) is 11.1. The van der Waals surface area contributed by atoms with E-state index in [4.69, 9.17) is 5.11 Å². The Labute approximate surface area is 94.9 Å². The van der Waals surface area contributed by atoms with Crippen molar-refractivity contribution in [1.82, 2.24) is 9.13 Å². The minimum absolute atomic E-state index is 0.0362. The van der Waals surface area contributed by atoms with Crippen LogP contribution in [-0.2, 0) is 13.6 Å². The van der Waals surface area contributed by atoms with E-state index in [2.05, 4.69) is 15.9 Å². The number of benzene rings is 1.